The first-order chi connectivity index (χ1) is 17.6. The molecular formula is C27H29N5O4. The van der Waals surface area contributed by atoms with Crippen LogP contribution in [0, 0.1) is 0 Å². The van der Waals surface area contributed by atoms with E-state index in [0.29, 0.717) is 30.1 Å². The summed E-state index contributed by atoms with van der Waals surface area (Å²) in [4.78, 5) is 25.2. The van der Waals surface area contributed by atoms with E-state index in [1.54, 1.807) is 13.4 Å². The molecule has 2 aromatic carbocycles. The summed E-state index contributed by atoms with van der Waals surface area (Å²) >= 11 is 0. The van der Waals surface area contributed by atoms with Crippen LogP contribution in [0.15, 0.2) is 67.0 Å². The van der Waals surface area contributed by atoms with Crippen LogP contribution in [-0.2, 0) is 20.7 Å². The van der Waals surface area contributed by atoms with Crippen molar-refractivity contribution in [2.45, 2.75) is 37.5 Å². The maximum absolute atomic E-state index is 11.5. The van der Waals surface area contributed by atoms with Gasteiger partial charge in [0.2, 0.25) is 0 Å². The standard InChI is InChI=1S/C27H29N5O4/c1-35-16-20-12-13-23(36-20)32-17-29-25-26(30-22(14-24(33)34)31-27(25)32)28-15-21(18-8-4-2-5-9-18)19-10-6-3-7-11-19/h2-11,17,20-21,23H,12-16H2,1H3,(H,33,34)(H,28,30,31). The molecule has 2 unspecified atom stereocenters. The number of hydrogen-bond donors (Lipinski definition) is 2. The summed E-state index contributed by atoms with van der Waals surface area (Å²) in [7, 11) is 1.66. The molecule has 5 rings (SSSR count). The van der Waals surface area contributed by atoms with Crippen LogP contribution < -0.4 is 5.32 Å². The van der Waals surface area contributed by atoms with Crippen LogP contribution in [0.4, 0.5) is 5.82 Å². The van der Waals surface area contributed by atoms with E-state index in [2.05, 4.69) is 44.5 Å². The van der Waals surface area contributed by atoms with Crippen molar-refractivity contribution in [3.05, 3.63) is 83.9 Å². The number of rotatable bonds is 10. The van der Waals surface area contributed by atoms with Crippen molar-refractivity contribution in [3.8, 4) is 0 Å². The summed E-state index contributed by atoms with van der Waals surface area (Å²) in [5.41, 5.74) is 3.48. The number of nitrogens with zero attached hydrogens (tertiary/aromatic N) is 4. The van der Waals surface area contributed by atoms with Crippen molar-refractivity contribution in [1.82, 2.24) is 19.5 Å². The number of carbonyl (C=O) groups is 1. The topological polar surface area (TPSA) is 111 Å². The smallest absolute Gasteiger partial charge is 0.311 e. The van der Waals surface area contributed by atoms with Crippen LogP contribution in [0.5, 0.6) is 0 Å². The van der Waals surface area contributed by atoms with Gasteiger partial charge in [-0.3, -0.25) is 9.36 Å². The number of aliphatic carboxylic acids is 1. The molecule has 2 atom stereocenters. The van der Waals surface area contributed by atoms with Crippen LogP contribution in [-0.4, -0.2) is 57.0 Å². The van der Waals surface area contributed by atoms with Gasteiger partial charge in [0.25, 0.3) is 0 Å². The molecule has 1 saturated heterocycles. The van der Waals surface area contributed by atoms with Gasteiger partial charge in [-0.25, -0.2) is 15.0 Å². The average Bonchev–Trinajstić information content (AvgIpc) is 3.52. The molecule has 186 valence electrons. The minimum Gasteiger partial charge on any atom is -0.481 e. The van der Waals surface area contributed by atoms with Gasteiger partial charge in [-0.1, -0.05) is 60.7 Å². The number of ether oxygens (including phenoxy) is 2. The Bertz CT molecular complexity index is 1270. The van der Waals surface area contributed by atoms with Gasteiger partial charge in [0.05, 0.1) is 19.0 Å². The van der Waals surface area contributed by atoms with Crippen LogP contribution in [0.2, 0.25) is 0 Å². The lowest BCUT2D eigenvalue weighted by Gasteiger charge is -2.20. The monoisotopic (exact) mass is 487 g/mol. The van der Waals surface area contributed by atoms with Crippen LogP contribution in [0.3, 0.4) is 0 Å². The Morgan fingerprint density at radius 1 is 1.11 bits per heavy atom. The molecular weight excluding hydrogens is 458 g/mol. The van der Waals surface area contributed by atoms with Gasteiger partial charge >= 0.3 is 5.97 Å². The molecule has 1 aliphatic rings. The third-order valence-electron chi connectivity index (χ3n) is 6.40. The molecule has 9 nitrogen and oxygen atoms in total. The van der Waals surface area contributed by atoms with Crippen molar-refractivity contribution in [2.75, 3.05) is 25.6 Å². The highest BCUT2D eigenvalue weighted by Gasteiger charge is 2.29. The van der Waals surface area contributed by atoms with Crippen molar-refractivity contribution >= 4 is 23.0 Å². The van der Waals surface area contributed by atoms with Crippen molar-refractivity contribution in [3.63, 3.8) is 0 Å². The second-order valence-electron chi connectivity index (χ2n) is 8.88. The molecule has 0 radical (unpaired) electrons. The summed E-state index contributed by atoms with van der Waals surface area (Å²) in [5.74, 6) is -0.189. The largest absolute Gasteiger partial charge is 0.481 e. The highest BCUT2D eigenvalue weighted by atomic mass is 16.5. The molecule has 2 N–H and O–H groups in total. The SMILES string of the molecule is COCC1CCC(n2cnc3c(NCC(c4ccccc4)c4ccccc4)nc(CC(=O)O)nc32)O1. The number of methoxy groups -OCH3 is 1. The first-order valence-corrected chi connectivity index (χ1v) is 12.1. The Balaban J connectivity index is 1.48. The number of nitrogens with one attached hydrogen (secondary N) is 1. The molecule has 1 aliphatic heterocycles. The molecule has 0 saturated carbocycles. The molecule has 0 aliphatic carbocycles. The third kappa shape index (κ3) is 5.22. The molecule has 9 heteroatoms. The second-order valence-corrected chi connectivity index (χ2v) is 8.88. The molecule has 3 heterocycles. The van der Waals surface area contributed by atoms with Gasteiger partial charge in [0, 0.05) is 19.6 Å². The maximum atomic E-state index is 11.5. The Labute approximate surface area is 209 Å². The maximum Gasteiger partial charge on any atom is 0.311 e. The van der Waals surface area contributed by atoms with E-state index in [4.69, 9.17) is 9.47 Å². The first-order valence-electron chi connectivity index (χ1n) is 12.1. The molecule has 4 aromatic rings. The predicted molar refractivity (Wildman–Crippen MR) is 135 cm³/mol. The number of benzene rings is 2. The average molecular weight is 488 g/mol. The normalized spacial score (nSPS) is 17.6. The van der Waals surface area contributed by atoms with E-state index in [9.17, 15) is 9.90 Å². The van der Waals surface area contributed by atoms with Gasteiger partial charge in [0.1, 0.15) is 18.5 Å². The lowest BCUT2D eigenvalue weighted by Crippen LogP contribution is -2.17. The number of imidazole rings is 1. The zero-order valence-electron chi connectivity index (χ0n) is 20.1. The Kier molecular flexibility index (Phi) is 7.20. The predicted octanol–water partition coefficient (Wildman–Crippen LogP) is 4.02. The zero-order valence-corrected chi connectivity index (χ0v) is 20.1. The van der Waals surface area contributed by atoms with Gasteiger partial charge in [0.15, 0.2) is 17.0 Å². The Morgan fingerprint density at radius 3 is 2.44 bits per heavy atom. The van der Waals surface area contributed by atoms with E-state index in [1.165, 1.54) is 11.1 Å². The number of carboxylic acids is 1. The molecule has 2 aromatic heterocycles. The third-order valence-corrected chi connectivity index (χ3v) is 6.40. The number of fused-ring (bicyclic) bond motifs is 1. The second kappa shape index (κ2) is 10.8. The highest BCUT2D eigenvalue weighted by Crippen LogP contribution is 2.32. The molecule has 1 fully saturated rings. The van der Waals surface area contributed by atoms with Crippen molar-refractivity contribution < 1.29 is 19.4 Å². The minimum absolute atomic E-state index is 0.00729. The van der Waals surface area contributed by atoms with Crippen molar-refractivity contribution in [1.29, 1.82) is 0 Å². The lowest BCUT2D eigenvalue weighted by atomic mass is 9.91. The van der Waals surface area contributed by atoms with Gasteiger partial charge in [-0.05, 0) is 24.0 Å². The summed E-state index contributed by atoms with van der Waals surface area (Å²) in [6.45, 7) is 1.07. The van der Waals surface area contributed by atoms with Crippen LogP contribution >= 0.6 is 0 Å². The minimum atomic E-state index is -0.991. The van der Waals surface area contributed by atoms with Crippen molar-refractivity contribution in [2.24, 2.45) is 0 Å². The summed E-state index contributed by atoms with van der Waals surface area (Å²) < 4.78 is 13.2. The highest BCUT2D eigenvalue weighted by molar-refractivity contribution is 5.83. The molecule has 0 bridgehead atoms. The van der Waals surface area contributed by atoms with E-state index in [1.807, 2.05) is 41.0 Å². The number of anilines is 1. The number of aromatic nitrogens is 4. The Morgan fingerprint density at radius 2 is 1.81 bits per heavy atom. The van der Waals surface area contributed by atoms with Crippen LogP contribution in [0.25, 0.3) is 11.2 Å². The number of carboxylic acid groups (broad SMARTS) is 1. The summed E-state index contributed by atoms with van der Waals surface area (Å²) in [6.07, 6.45) is 2.84. The summed E-state index contributed by atoms with van der Waals surface area (Å²) in [5, 5.41) is 12.9. The first kappa shape index (κ1) is 23.9. The van der Waals surface area contributed by atoms with Gasteiger partial charge < -0.3 is 19.9 Å². The van der Waals surface area contributed by atoms with E-state index >= 15 is 0 Å². The van der Waals surface area contributed by atoms with E-state index < -0.39 is 5.97 Å². The fourth-order valence-electron chi connectivity index (χ4n) is 4.71. The fraction of sp³-hybridized carbons (Fsp3) is 0.333. The lowest BCUT2D eigenvalue weighted by molar-refractivity contribution is -0.136. The number of hydrogen-bond acceptors (Lipinski definition) is 7. The zero-order chi connectivity index (χ0) is 24.9. The summed E-state index contributed by atoms with van der Waals surface area (Å²) in [6, 6.07) is 20.5. The quantitative estimate of drug-likeness (QED) is 0.345. The van der Waals surface area contributed by atoms with E-state index in [0.717, 1.165) is 12.8 Å². The fourth-order valence-corrected chi connectivity index (χ4v) is 4.71. The van der Waals surface area contributed by atoms with E-state index in [-0.39, 0.29) is 30.5 Å². The van der Waals surface area contributed by atoms with Gasteiger partial charge in [-0.15, -0.1) is 0 Å². The molecule has 36 heavy (non-hydrogen) atoms. The van der Waals surface area contributed by atoms with Gasteiger partial charge in [-0.2, -0.15) is 0 Å². The molecule has 0 spiro atoms. The Hall–Kier alpha value is -3.82. The molecule has 0 amide bonds. The van der Waals surface area contributed by atoms with Crippen LogP contribution in [0.1, 0.15) is 41.9 Å².